The number of aliphatic hydroxyl groups is 1. The van der Waals surface area contributed by atoms with Gasteiger partial charge in [0.1, 0.15) is 12.1 Å². The fourth-order valence-electron chi connectivity index (χ4n) is 4.98. The van der Waals surface area contributed by atoms with Gasteiger partial charge in [-0.2, -0.15) is 0 Å². The van der Waals surface area contributed by atoms with Crippen molar-refractivity contribution in [1.29, 1.82) is 0 Å². The van der Waals surface area contributed by atoms with Crippen LogP contribution >= 0.6 is 0 Å². The second-order valence-corrected chi connectivity index (χ2v) is 9.42. The van der Waals surface area contributed by atoms with Crippen molar-refractivity contribution in [2.75, 3.05) is 19.6 Å². The molecule has 1 aliphatic carbocycles. The molecule has 1 aliphatic heterocycles. The normalized spacial score (nSPS) is 18.0. The van der Waals surface area contributed by atoms with E-state index in [1.807, 2.05) is 26.0 Å². The predicted molar refractivity (Wildman–Crippen MR) is 122 cm³/mol. The van der Waals surface area contributed by atoms with E-state index in [1.54, 1.807) is 30.3 Å². The summed E-state index contributed by atoms with van der Waals surface area (Å²) in [6.07, 6.45) is 2.89. The van der Waals surface area contributed by atoms with Gasteiger partial charge in [0.15, 0.2) is 5.78 Å². The Balaban J connectivity index is 1.45. The van der Waals surface area contributed by atoms with Gasteiger partial charge in [-0.1, -0.05) is 12.1 Å². The summed E-state index contributed by atoms with van der Waals surface area (Å²) in [5.74, 6) is 0.529. The third-order valence-corrected chi connectivity index (χ3v) is 6.39. The molecule has 1 saturated carbocycles. The molecule has 3 aromatic rings. The third-order valence-electron chi connectivity index (χ3n) is 6.39. The van der Waals surface area contributed by atoms with Crippen molar-refractivity contribution in [3.05, 3.63) is 64.7 Å². The molecule has 1 spiro atoms. The molecule has 1 aromatic heterocycles. The Bertz CT molecular complexity index is 1240. The lowest BCUT2D eigenvalue weighted by Crippen LogP contribution is -2.64. The summed E-state index contributed by atoms with van der Waals surface area (Å²) in [4.78, 5) is 32.7. The van der Waals surface area contributed by atoms with Crippen molar-refractivity contribution >= 4 is 16.7 Å². The summed E-state index contributed by atoms with van der Waals surface area (Å²) in [6.45, 7) is 5.87. The Morgan fingerprint density at radius 1 is 1.22 bits per heavy atom. The highest BCUT2D eigenvalue weighted by Crippen LogP contribution is 2.48. The summed E-state index contributed by atoms with van der Waals surface area (Å²) < 4.78 is 7.39. The zero-order chi connectivity index (χ0) is 22.5. The number of hydrogen-bond acceptors (Lipinski definition) is 6. The maximum absolute atomic E-state index is 13.2. The summed E-state index contributed by atoms with van der Waals surface area (Å²) in [5.41, 5.74) is 1.67. The quantitative estimate of drug-likeness (QED) is 0.602. The molecule has 1 saturated heterocycles. The van der Waals surface area contributed by atoms with Crippen LogP contribution in [0.4, 0.5) is 0 Å². The van der Waals surface area contributed by atoms with E-state index >= 15 is 0 Å². The van der Waals surface area contributed by atoms with Gasteiger partial charge in [0.25, 0.3) is 5.56 Å². The summed E-state index contributed by atoms with van der Waals surface area (Å²) >= 11 is 0. The van der Waals surface area contributed by atoms with E-state index < -0.39 is 0 Å². The first-order chi connectivity index (χ1) is 15.3. The Morgan fingerprint density at radius 2 is 1.97 bits per heavy atom. The van der Waals surface area contributed by atoms with E-state index in [1.165, 1.54) is 10.9 Å². The number of para-hydroxylation sites is 1. The van der Waals surface area contributed by atoms with Gasteiger partial charge < -0.3 is 9.84 Å². The van der Waals surface area contributed by atoms with Gasteiger partial charge in [-0.05, 0) is 57.0 Å². The number of benzene rings is 2. The van der Waals surface area contributed by atoms with Crippen LogP contribution in [0.2, 0.25) is 0 Å². The van der Waals surface area contributed by atoms with Crippen molar-refractivity contribution in [2.45, 2.75) is 38.9 Å². The van der Waals surface area contributed by atoms with Crippen LogP contribution < -0.4 is 10.3 Å². The van der Waals surface area contributed by atoms with Crippen molar-refractivity contribution in [2.24, 2.45) is 5.41 Å². The molecule has 0 amide bonds. The third kappa shape index (κ3) is 3.72. The maximum Gasteiger partial charge on any atom is 0.265 e. The number of ketones is 1. The molecule has 166 valence electrons. The average Bonchev–Trinajstić information content (AvgIpc) is 2.71. The van der Waals surface area contributed by atoms with Gasteiger partial charge in [0, 0.05) is 24.1 Å². The van der Waals surface area contributed by atoms with Crippen molar-refractivity contribution in [3.63, 3.8) is 0 Å². The highest BCUT2D eigenvalue weighted by Gasteiger charge is 2.51. The molecule has 7 heteroatoms. The molecule has 0 bridgehead atoms. The first-order valence-electron chi connectivity index (χ1n) is 11.0. The smallest absolute Gasteiger partial charge is 0.265 e. The molecule has 0 atom stereocenters. The van der Waals surface area contributed by atoms with Crippen molar-refractivity contribution in [3.8, 4) is 11.4 Å². The Labute approximate surface area is 186 Å². The number of likely N-dealkylation sites (tertiary alicyclic amines) is 1. The Morgan fingerprint density at radius 3 is 2.69 bits per heavy atom. The second kappa shape index (κ2) is 7.83. The number of rotatable bonds is 6. The molecule has 0 unspecified atom stereocenters. The standard InChI is InChI=1S/C25H27N3O4/c1-16(2)32-23-8-7-17(22(30)12-27-13-25(14-27)10-18(29)11-25)9-21(23)28-15-26-20-6-4-3-5-19(20)24(28)31/h3-9,15-16,18,29H,10-14H2,1-2H3. The number of aromatic nitrogens is 2. The fourth-order valence-corrected chi connectivity index (χ4v) is 4.98. The van der Waals surface area contributed by atoms with Crippen LogP contribution in [-0.4, -0.2) is 57.2 Å². The number of fused-ring (bicyclic) bond motifs is 1. The van der Waals surface area contributed by atoms with Crippen LogP contribution in [-0.2, 0) is 0 Å². The van der Waals surface area contributed by atoms with Gasteiger partial charge in [-0.25, -0.2) is 4.98 Å². The predicted octanol–water partition coefficient (Wildman–Crippen LogP) is 2.81. The number of carbonyl (C=O) groups is 1. The van der Waals surface area contributed by atoms with Crippen LogP contribution in [0.5, 0.6) is 5.75 Å². The molecule has 32 heavy (non-hydrogen) atoms. The first-order valence-corrected chi connectivity index (χ1v) is 11.0. The SMILES string of the molecule is CC(C)Oc1ccc(C(=O)CN2CC3(CC(O)C3)C2)cc1-n1cnc2ccccc2c1=O. The highest BCUT2D eigenvalue weighted by atomic mass is 16.5. The molecule has 7 nitrogen and oxygen atoms in total. The number of hydrogen-bond donors (Lipinski definition) is 1. The fraction of sp³-hybridized carbons (Fsp3) is 0.400. The lowest BCUT2D eigenvalue weighted by molar-refractivity contribution is -0.124. The minimum atomic E-state index is -0.206. The van der Waals surface area contributed by atoms with E-state index in [2.05, 4.69) is 9.88 Å². The molecule has 2 aromatic carbocycles. The number of aliphatic hydroxyl groups excluding tert-OH is 1. The van der Waals surface area contributed by atoms with E-state index in [-0.39, 0.29) is 29.0 Å². The molecule has 2 fully saturated rings. The molecule has 1 N–H and O–H groups in total. The summed E-state index contributed by atoms with van der Waals surface area (Å²) in [7, 11) is 0. The zero-order valence-corrected chi connectivity index (χ0v) is 18.3. The van der Waals surface area contributed by atoms with Gasteiger partial charge in [0.2, 0.25) is 0 Å². The van der Waals surface area contributed by atoms with Crippen molar-refractivity contribution < 1.29 is 14.6 Å². The molecular formula is C25H27N3O4. The zero-order valence-electron chi connectivity index (χ0n) is 18.3. The minimum Gasteiger partial charge on any atom is -0.489 e. The van der Waals surface area contributed by atoms with Crippen LogP contribution in [0, 0.1) is 5.41 Å². The number of carbonyl (C=O) groups excluding carboxylic acids is 1. The maximum atomic E-state index is 13.2. The number of Topliss-reactive ketones (excluding diaryl/α,β-unsaturated/α-hetero) is 1. The van der Waals surface area contributed by atoms with Gasteiger partial charge >= 0.3 is 0 Å². The van der Waals surface area contributed by atoms with Crippen LogP contribution in [0.15, 0.2) is 53.6 Å². The van der Waals surface area contributed by atoms with Gasteiger partial charge in [-0.15, -0.1) is 0 Å². The number of ether oxygens (including phenoxy) is 1. The second-order valence-electron chi connectivity index (χ2n) is 9.42. The summed E-state index contributed by atoms with van der Waals surface area (Å²) in [6, 6.07) is 12.4. The molecule has 2 aliphatic rings. The van der Waals surface area contributed by atoms with E-state index in [0.717, 1.165) is 25.9 Å². The van der Waals surface area contributed by atoms with E-state index in [0.29, 0.717) is 34.4 Å². The van der Waals surface area contributed by atoms with Crippen LogP contribution in [0.25, 0.3) is 16.6 Å². The molecular weight excluding hydrogens is 406 g/mol. The lowest BCUT2D eigenvalue weighted by Gasteiger charge is -2.57. The van der Waals surface area contributed by atoms with Crippen LogP contribution in [0.1, 0.15) is 37.0 Å². The first kappa shape index (κ1) is 20.8. The van der Waals surface area contributed by atoms with Gasteiger partial charge in [0.05, 0.1) is 35.3 Å². The Kier molecular flexibility index (Phi) is 5.10. The molecule has 2 heterocycles. The van der Waals surface area contributed by atoms with Crippen LogP contribution in [0.3, 0.4) is 0 Å². The van der Waals surface area contributed by atoms with Crippen molar-refractivity contribution in [1.82, 2.24) is 14.5 Å². The van der Waals surface area contributed by atoms with E-state index in [4.69, 9.17) is 4.74 Å². The largest absolute Gasteiger partial charge is 0.489 e. The lowest BCUT2D eigenvalue weighted by atomic mass is 9.62. The molecule has 5 rings (SSSR count). The highest BCUT2D eigenvalue weighted by molar-refractivity contribution is 5.98. The van der Waals surface area contributed by atoms with Gasteiger partial charge in [-0.3, -0.25) is 19.1 Å². The molecule has 0 radical (unpaired) electrons. The average molecular weight is 434 g/mol. The van der Waals surface area contributed by atoms with E-state index in [9.17, 15) is 14.7 Å². The number of nitrogens with zero attached hydrogens (tertiary/aromatic N) is 3. The topological polar surface area (TPSA) is 84.7 Å². The minimum absolute atomic E-state index is 0.00105. The Hall–Kier alpha value is -3.03. The summed E-state index contributed by atoms with van der Waals surface area (Å²) in [5, 5.41) is 10.1. The monoisotopic (exact) mass is 433 g/mol.